The van der Waals surface area contributed by atoms with Gasteiger partial charge in [-0.2, -0.15) is 0 Å². The lowest BCUT2D eigenvalue weighted by Gasteiger charge is -2.04. The molecule has 6 heteroatoms. The standard InChI is InChI=1S/C13H14N4S2/c1-8-6-10(11-7-19-12(14-3)16-11)9(2)17(8)13-15-4-5-18-13/h4-7H,1-3H3,(H,14,16). The largest absolute Gasteiger partial charge is 0.365 e. The van der Waals surface area contributed by atoms with Crippen LogP contribution < -0.4 is 5.32 Å². The van der Waals surface area contributed by atoms with Crippen molar-refractivity contribution in [2.45, 2.75) is 13.8 Å². The Morgan fingerprint density at radius 2 is 2.11 bits per heavy atom. The monoisotopic (exact) mass is 290 g/mol. The van der Waals surface area contributed by atoms with E-state index in [0.29, 0.717) is 0 Å². The van der Waals surface area contributed by atoms with Gasteiger partial charge in [0.05, 0.1) is 5.69 Å². The molecule has 0 aliphatic heterocycles. The van der Waals surface area contributed by atoms with Gasteiger partial charge in [0.25, 0.3) is 0 Å². The maximum Gasteiger partial charge on any atom is 0.193 e. The quantitative estimate of drug-likeness (QED) is 0.799. The number of aromatic nitrogens is 3. The van der Waals surface area contributed by atoms with E-state index in [9.17, 15) is 0 Å². The molecule has 0 aliphatic rings. The Balaban J connectivity index is 2.11. The molecule has 4 nitrogen and oxygen atoms in total. The van der Waals surface area contributed by atoms with E-state index in [-0.39, 0.29) is 0 Å². The van der Waals surface area contributed by atoms with Crippen molar-refractivity contribution >= 4 is 27.8 Å². The maximum absolute atomic E-state index is 4.57. The first-order valence-corrected chi connectivity index (χ1v) is 7.69. The molecule has 0 radical (unpaired) electrons. The van der Waals surface area contributed by atoms with Gasteiger partial charge in [-0.25, -0.2) is 9.97 Å². The second kappa shape index (κ2) is 4.79. The summed E-state index contributed by atoms with van der Waals surface area (Å²) in [4.78, 5) is 8.96. The normalized spacial score (nSPS) is 10.9. The summed E-state index contributed by atoms with van der Waals surface area (Å²) in [6.45, 7) is 4.21. The molecule has 0 fully saturated rings. The van der Waals surface area contributed by atoms with E-state index < -0.39 is 0 Å². The fourth-order valence-electron chi connectivity index (χ4n) is 2.16. The predicted octanol–water partition coefficient (Wildman–Crippen LogP) is 3.72. The number of hydrogen-bond donors (Lipinski definition) is 1. The Morgan fingerprint density at radius 1 is 1.26 bits per heavy atom. The van der Waals surface area contributed by atoms with Crippen LogP contribution in [0.3, 0.4) is 0 Å². The Labute approximate surface area is 119 Å². The number of nitrogens with zero attached hydrogens (tertiary/aromatic N) is 3. The summed E-state index contributed by atoms with van der Waals surface area (Å²) in [6.07, 6.45) is 1.83. The summed E-state index contributed by atoms with van der Waals surface area (Å²) in [5.41, 5.74) is 4.55. The topological polar surface area (TPSA) is 42.7 Å². The van der Waals surface area contributed by atoms with Crippen LogP contribution >= 0.6 is 22.7 Å². The fraction of sp³-hybridized carbons (Fsp3) is 0.231. The zero-order valence-corrected chi connectivity index (χ0v) is 12.6. The Kier molecular flexibility index (Phi) is 3.12. The van der Waals surface area contributed by atoms with Crippen molar-refractivity contribution in [3.05, 3.63) is 34.4 Å². The molecule has 3 rings (SSSR count). The van der Waals surface area contributed by atoms with Crippen LogP contribution in [-0.4, -0.2) is 21.6 Å². The Morgan fingerprint density at radius 3 is 2.74 bits per heavy atom. The van der Waals surface area contributed by atoms with E-state index in [1.54, 1.807) is 22.7 Å². The highest BCUT2D eigenvalue weighted by molar-refractivity contribution is 7.14. The van der Waals surface area contributed by atoms with Gasteiger partial charge >= 0.3 is 0 Å². The molecule has 0 aliphatic carbocycles. The van der Waals surface area contributed by atoms with Crippen LogP contribution in [0.25, 0.3) is 16.4 Å². The molecule has 19 heavy (non-hydrogen) atoms. The van der Waals surface area contributed by atoms with E-state index in [2.05, 4.69) is 45.1 Å². The molecule has 0 spiro atoms. The molecule has 1 N–H and O–H groups in total. The molecule has 3 heterocycles. The smallest absolute Gasteiger partial charge is 0.193 e. The molecule has 3 aromatic rings. The van der Waals surface area contributed by atoms with Crippen molar-refractivity contribution in [3.8, 4) is 16.4 Å². The third kappa shape index (κ3) is 2.06. The van der Waals surface area contributed by atoms with Crippen molar-refractivity contribution in [1.29, 1.82) is 0 Å². The third-order valence-corrected chi connectivity index (χ3v) is 4.65. The highest BCUT2D eigenvalue weighted by Crippen LogP contribution is 2.31. The number of nitrogens with one attached hydrogen (secondary N) is 1. The fourth-order valence-corrected chi connectivity index (χ4v) is 3.58. The summed E-state index contributed by atoms with van der Waals surface area (Å²) >= 11 is 3.27. The SMILES string of the molecule is CNc1nc(-c2cc(C)n(-c3nccs3)c2C)cs1. The molecule has 0 saturated heterocycles. The summed E-state index contributed by atoms with van der Waals surface area (Å²) in [7, 11) is 1.89. The number of rotatable bonds is 3. The summed E-state index contributed by atoms with van der Waals surface area (Å²) in [5, 5.41) is 9.10. The molecule has 0 atom stereocenters. The van der Waals surface area contributed by atoms with Gasteiger partial charge in [0.15, 0.2) is 10.3 Å². The molecule has 0 saturated carbocycles. The first kappa shape index (κ1) is 12.4. The third-order valence-electron chi connectivity index (χ3n) is 3.04. The van der Waals surface area contributed by atoms with Crippen LogP contribution in [0.2, 0.25) is 0 Å². The van der Waals surface area contributed by atoms with Crippen molar-refractivity contribution in [3.63, 3.8) is 0 Å². The maximum atomic E-state index is 4.57. The Bertz CT molecular complexity index is 694. The van der Waals surface area contributed by atoms with Crippen molar-refractivity contribution < 1.29 is 0 Å². The minimum atomic E-state index is 0.939. The molecular formula is C13H14N4S2. The zero-order valence-electron chi connectivity index (χ0n) is 11.0. The average Bonchev–Trinajstić information content (AvgIpc) is 3.09. The molecular weight excluding hydrogens is 276 g/mol. The van der Waals surface area contributed by atoms with Crippen LogP contribution in [-0.2, 0) is 0 Å². The highest BCUT2D eigenvalue weighted by Gasteiger charge is 2.15. The van der Waals surface area contributed by atoms with Gasteiger partial charge in [-0.3, -0.25) is 4.57 Å². The first-order chi connectivity index (χ1) is 9.20. The molecule has 3 aromatic heterocycles. The predicted molar refractivity (Wildman–Crippen MR) is 81.6 cm³/mol. The first-order valence-electron chi connectivity index (χ1n) is 5.93. The summed E-state index contributed by atoms with van der Waals surface area (Å²) in [5.74, 6) is 0. The summed E-state index contributed by atoms with van der Waals surface area (Å²) in [6, 6.07) is 2.17. The highest BCUT2D eigenvalue weighted by atomic mass is 32.1. The van der Waals surface area contributed by atoms with Gasteiger partial charge in [0.1, 0.15) is 0 Å². The minimum absolute atomic E-state index is 0.939. The number of hydrogen-bond acceptors (Lipinski definition) is 5. The van der Waals surface area contributed by atoms with Gasteiger partial charge in [-0.15, -0.1) is 22.7 Å². The number of aryl methyl sites for hydroxylation is 1. The lowest BCUT2D eigenvalue weighted by Crippen LogP contribution is -1.98. The lowest BCUT2D eigenvalue weighted by atomic mass is 10.2. The second-order valence-electron chi connectivity index (χ2n) is 4.22. The molecule has 0 bridgehead atoms. The number of thiazole rings is 2. The average molecular weight is 290 g/mol. The molecule has 98 valence electrons. The molecule has 0 unspecified atom stereocenters. The van der Waals surface area contributed by atoms with Gasteiger partial charge in [-0.1, -0.05) is 0 Å². The van der Waals surface area contributed by atoms with Crippen LogP contribution in [0.5, 0.6) is 0 Å². The lowest BCUT2D eigenvalue weighted by molar-refractivity contribution is 0.951. The molecule has 0 amide bonds. The zero-order chi connectivity index (χ0) is 13.4. The van der Waals surface area contributed by atoms with Crippen LogP contribution in [0, 0.1) is 13.8 Å². The van der Waals surface area contributed by atoms with Crippen LogP contribution in [0.15, 0.2) is 23.0 Å². The van der Waals surface area contributed by atoms with E-state index in [4.69, 9.17) is 0 Å². The van der Waals surface area contributed by atoms with Crippen LogP contribution in [0.4, 0.5) is 5.13 Å². The van der Waals surface area contributed by atoms with Crippen molar-refractivity contribution in [2.24, 2.45) is 0 Å². The minimum Gasteiger partial charge on any atom is -0.365 e. The van der Waals surface area contributed by atoms with Crippen molar-refractivity contribution in [2.75, 3.05) is 12.4 Å². The number of anilines is 1. The van der Waals surface area contributed by atoms with Crippen LogP contribution in [0.1, 0.15) is 11.4 Å². The molecule has 0 aromatic carbocycles. The Hall–Kier alpha value is -1.66. The van der Waals surface area contributed by atoms with Gasteiger partial charge in [0.2, 0.25) is 0 Å². The second-order valence-corrected chi connectivity index (χ2v) is 5.95. The van der Waals surface area contributed by atoms with E-state index in [0.717, 1.165) is 16.0 Å². The summed E-state index contributed by atoms with van der Waals surface area (Å²) < 4.78 is 2.18. The van der Waals surface area contributed by atoms with Crippen molar-refractivity contribution in [1.82, 2.24) is 14.5 Å². The van der Waals surface area contributed by atoms with Gasteiger partial charge in [0, 0.05) is 41.0 Å². The van der Waals surface area contributed by atoms with E-state index >= 15 is 0 Å². The van der Waals surface area contributed by atoms with Gasteiger partial charge in [-0.05, 0) is 19.9 Å². The van der Waals surface area contributed by atoms with E-state index in [1.165, 1.54) is 17.0 Å². The van der Waals surface area contributed by atoms with E-state index in [1.807, 2.05) is 18.6 Å². The van der Waals surface area contributed by atoms with Gasteiger partial charge < -0.3 is 5.32 Å².